The first-order valence-electron chi connectivity index (χ1n) is 4.29. The molecule has 1 heterocycles. The highest BCUT2D eigenvalue weighted by atomic mass is 35.5. The van der Waals surface area contributed by atoms with Crippen LogP contribution in [-0.2, 0) is 6.42 Å². The van der Waals surface area contributed by atoms with E-state index in [1.54, 1.807) is 0 Å². The number of aromatic amines is 1. The first-order valence-corrected chi connectivity index (χ1v) is 4.66. The van der Waals surface area contributed by atoms with E-state index in [4.69, 9.17) is 17.3 Å². The summed E-state index contributed by atoms with van der Waals surface area (Å²) in [5.74, 6) is 0.507. The van der Waals surface area contributed by atoms with Crippen LogP contribution < -0.4 is 5.73 Å². The first-order chi connectivity index (χ1) is 6.75. The molecule has 0 spiro atoms. The molecule has 0 atom stereocenters. The van der Waals surface area contributed by atoms with E-state index < -0.39 is 0 Å². The maximum absolute atomic E-state index is 6.02. The molecule has 2 aromatic rings. The molecule has 0 aliphatic rings. The first kappa shape index (κ1) is 9.09. The Kier molecular flexibility index (Phi) is 2.41. The molecule has 0 fully saturated rings. The Bertz CT molecular complexity index is 436. The quantitative estimate of drug-likeness (QED) is 0.794. The molecule has 0 amide bonds. The van der Waals surface area contributed by atoms with Crippen molar-refractivity contribution in [3.05, 3.63) is 46.6 Å². The molecular weight excluding hydrogens is 198 g/mol. The van der Waals surface area contributed by atoms with Crippen LogP contribution in [0.3, 0.4) is 0 Å². The number of hydrogen-bond donors (Lipinski definition) is 2. The monoisotopic (exact) mass is 207 g/mol. The minimum Gasteiger partial charge on any atom is -0.382 e. The molecule has 0 radical (unpaired) electrons. The van der Waals surface area contributed by atoms with Gasteiger partial charge in [0.15, 0.2) is 0 Å². The van der Waals surface area contributed by atoms with Gasteiger partial charge in [0.05, 0.1) is 0 Å². The third kappa shape index (κ3) is 1.88. The van der Waals surface area contributed by atoms with Gasteiger partial charge in [-0.3, -0.25) is 5.10 Å². The normalized spacial score (nSPS) is 10.4. The Balaban J connectivity index is 2.23. The third-order valence-electron chi connectivity index (χ3n) is 1.99. The molecule has 0 unspecified atom stereocenters. The van der Waals surface area contributed by atoms with Gasteiger partial charge in [0.2, 0.25) is 0 Å². The largest absolute Gasteiger partial charge is 0.382 e. The molecule has 3 nitrogen and oxygen atoms in total. The number of hydrogen-bond acceptors (Lipinski definition) is 2. The maximum atomic E-state index is 6.02. The topological polar surface area (TPSA) is 54.7 Å². The third-order valence-corrected chi connectivity index (χ3v) is 2.36. The molecule has 0 aliphatic heterocycles. The summed E-state index contributed by atoms with van der Waals surface area (Å²) in [6.45, 7) is 0. The van der Waals surface area contributed by atoms with Crippen LogP contribution in [0.5, 0.6) is 0 Å². The standard InChI is InChI=1S/C10H10ClN3/c11-9-4-2-1-3-7(9)5-8-6-10(12)14-13-8/h1-4,6H,5H2,(H3,12,13,14). The Morgan fingerprint density at radius 1 is 1.36 bits per heavy atom. The number of aromatic nitrogens is 2. The van der Waals surface area contributed by atoms with Crippen LogP contribution in [0, 0.1) is 0 Å². The molecule has 4 heteroatoms. The average molecular weight is 208 g/mol. The van der Waals surface area contributed by atoms with Gasteiger partial charge in [0.1, 0.15) is 5.82 Å². The van der Waals surface area contributed by atoms with Crippen LogP contribution >= 0.6 is 11.6 Å². The predicted octanol–water partition coefficient (Wildman–Crippen LogP) is 2.24. The van der Waals surface area contributed by atoms with Crippen LogP contribution in [-0.4, -0.2) is 10.2 Å². The fourth-order valence-electron chi connectivity index (χ4n) is 1.32. The fourth-order valence-corrected chi connectivity index (χ4v) is 1.52. The Morgan fingerprint density at radius 2 is 2.14 bits per heavy atom. The lowest BCUT2D eigenvalue weighted by atomic mass is 10.1. The van der Waals surface area contributed by atoms with Crippen LogP contribution in [0.2, 0.25) is 5.02 Å². The van der Waals surface area contributed by atoms with Gasteiger partial charge in [0, 0.05) is 23.2 Å². The summed E-state index contributed by atoms with van der Waals surface area (Å²) in [6.07, 6.45) is 0.726. The summed E-state index contributed by atoms with van der Waals surface area (Å²) < 4.78 is 0. The summed E-state index contributed by atoms with van der Waals surface area (Å²) in [4.78, 5) is 0. The minimum absolute atomic E-state index is 0.507. The summed E-state index contributed by atoms with van der Waals surface area (Å²) in [5.41, 5.74) is 7.53. The van der Waals surface area contributed by atoms with Crippen molar-refractivity contribution in [2.24, 2.45) is 0 Å². The molecule has 72 valence electrons. The number of halogens is 1. The Labute approximate surface area is 86.9 Å². The predicted molar refractivity (Wildman–Crippen MR) is 57.3 cm³/mol. The smallest absolute Gasteiger partial charge is 0.145 e. The number of anilines is 1. The van der Waals surface area contributed by atoms with Gasteiger partial charge < -0.3 is 5.73 Å². The van der Waals surface area contributed by atoms with E-state index in [1.807, 2.05) is 30.3 Å². The van der Waals surface area contributed by atoms with Crippen LogP contribution in [0.25, 0.3) is 0 Å². The molecule has 0 saturated carbocycles. The molecule has 1 aromatic carbocycles. The SMILES string of the molecule is Nc1cc(Cc2ccccc2Cl)[nH]n1. The van der Waals surface area contributed by atoms with Crippen molar-refractivity contribution in [1.82, 2.24) is 10.2 Å². The van der Waals surface area contributed by atoms with E-state index >= 15 is 0 Å². The molecule has 0 aliphatic carbocycles. The second-order valence-corrected chi connectivity index (χ2v) is 3.49. The Hall–Kier alpha value is -1.48. The van der Waals surface area contributed by atoms with Gasteiger partial charge in [-0.2, -0.15) is 5.10 Å². The molecule has 2 rings (SSSR count). The summed E-state index contributed by atoms with van der Waals surface area (Å²) >= 11 is 6.02. The van der Waals surface area contributed by atoms with Gasteiger partial charge in [-0.15, -0.1) is 0 Å². The van der Waals surface area contributed by atoms with Crippen molar-refractivity contribution in [2.45, 2.75) is 6.42 Å². The van der Waals surface area contributed by atoms with Crippen LogP contribution in [0.4, 0.5) is 5.82 Å². The number of benzene rings is 1. The molecule has 0 bridgehead atoms. The van der Waals surface area contributed by atoms with E-state index in [9.17, 15) is 0 Å². The highest BCUT2D eigenvalue weighted by Gasteiger charge is 2.02. The number of nitrogens with zero attached hydrogens (tertiary/aromatic N) is 1. The zero-order valence-corrected chi connectivity index (χ0v) is 8.25. The lowest BCUT2D eigenvalue weighted by Gasteiger charge is -2.00. The second-order valence-electron chi connectivity index (χ2n) is 3.09. The molecule has 0 saturated heterocycles. The van der Waals surface area contributed by atoms with Gasteiger partial charge in [-0.25, -0.2) is 0 Å². The van der Waals surface area contributed by atoms with Crippen LogP contribution in [0.1, 0.15) is 11.3 Å². The van der Waals surface area contributed by atoms with E-state index in [0.717, 1.165) is 22.7 Å². The minimum atomic E-state index is 0.507. The summed E-state index contributed by atoms with van der Waals surface area (Å²) in [5, 5.41) is 7.46. The molecule has 14 heavy (non-hydrogen) atoms. The maximum Gasteiger partial charge on any atom is 0.145 e. The van der Waals surface area contributed by atoms with Gasteiger partial charge >= 0.3 is 0 Å². The van der Waals surface area contributed by atoms with Crippen molar-refractivity contribution in [3.8, 4) is 0 Å². The highest BCUT2D eigenvalue weighted by Crippen LogP contribution is 2.18. The lowest BCUT2D eigenvalue weighted by molar-refractivity contribution is 1.000. The lowest BCUT2D eigenvalue weighted by Crippen LogP contribution is -1.89. The highest BCUT2D eigenvalue weighted by molar-refractivity contribution is 6.31. The molecule has 3 N–H and O–H groups in total. The number of nitrogen functional groups attached to an aromatic ring is 1. The van der Waals surface area contributed by atoms with Crippen molar-refractivity contribution in [1.29, 1.82) is 0 Å². The van der Waals surface area contributed by atoms with Gasteiger partial charge in [-0.1, -0.05) is 29.8 Å². The van der Waals surface area contributed by atoms with E-state index in [-0.39, 0.29) is 0 Å². The van der Waals surface area contributed by atoms with Crippen molar-refractivity contribution >= 4 is 17.4 Å². The zero-order chi connectivity index (χ0) is 9.97. The van der Waals surface area contributed by atoms with Gasteiger partial charge in [-0.05, 0) is 11.6 Å². The van der Waals surface area contributed by atoms with E-state index in [0.29, 0.717) is 5.82 Å². The van der Waals surface area contributed by atoms with E-state index in [2.05, 4.69) is 10.2 Å². The average Bonchev–Trinajstić information content (AvgIpc) is 2.56. The summed E-state index contributed by atoms with van der Waals surface area (Å²) in [7, 11) is 0. The Morgan fingerprint density at radius 3 is 2.79 bits per heavy atom. The van der Waals surface area contributed by atoms with Gasteiger partial charge in [0.25, 0.3) is 0 Å². The zero-order valence-electron chi connectivity index (χ0n) is 7.50. The van der Waals surface area contributed by atoms with Crippen molar-refractivity contribution in [2.75, 3.05) is 5.73 Å². The number of H-pyrrole nitrogens is 1. The number of nitrogens with one attached hydrogen (secondary N) is 1. The summed E-state index contributed by atoms with van der Waals surface area (Å²) in [6, 6.07) is 9.54. The van der Waals surface area contributed by atoms with Crippen molar-refractivity contribution in [3.63, 3.8) is 0 Å². The molecule has 1 aromatic heterocycles. The van der Waals surface area contributed by atoms with E-state index in [1.165, 1.54) is 0 Å². The fraction of sp³-hybridized carbons (Fsp3) is 0.100. The molecular formula is C10H10ClN3. The second kappa shape index (κ2) is 3.72. The number of rotatable bonds is 2. The van der Waals surface area contributed by atoms with Crippen LogP contribution in [0.15, 0.2) is 30.3 Å². The number of nitrogens with two attached hydrogens (primary N) is 1. The van der Waals surface area contributed by atoms with Crippen molar-refractivity contribution < 1.29 is 0 Å².